The number of rotatable bonds is 3. The van der Waals surface area contributed by atoms with Gasteiger partial charge in [-0.3, -0.25) is 9.69 Å². The van der Waals surface area contributed by atoms with Crippen LogP contribution < -0.4 is 0 Å². The summed E-state index contributed by atoms with van der Waals surface area (Å²) in [5, 5.41) is 8.89. The van der Waals surface area contributed by atoms with Crippen molar-refractivity contribution in [3.63, 3.8) is 0 Å². The Bertz CT molecular complexity index is 438. The summed E-state index contributed by atoms with van der Waals surface area (Å²) in [5.41, 5.74) is 1.06. The number of carboxylic acid groups (broad SMARTS) is 1. The molecule has 1 N–H and O–H groups in total. The van der Waals surface area contributed by atoms with Crippen molar-refractivity contribution in [1.82, 2.24) is 4.90 Å². The molecule has 4 nitrogen and oxygen atoms in total. The number of nitrogens with zero attached hydrogens (tertiary/aromatic N) is 1. The molecule has 0 aliphatic carbocycles. The molecular formula is C11H13NO3S. The average molecular weight is 239 g/mol. The van der Waals surface area contributed by atoms with Crippen LogP contribution in [-0.4, -0.2) is 34.8 Å². The van der Waals surface area contributed by atoms with E-state index >= 15 is 0 Å². The molecule has 1 aliphatic heterocycles. The Balaban J connectivity index is 2.14. The lowest BCUT2D eigenvalue weighted by molar-refractivity contribution is -0.118. The van der Waals surface area contributed by atoms with Crippen molar-refractivity contribution in [3.05, 3.63) is 21.4 Å². The number of fused-ring (bicyclic) bond motifs is 1. The Hall–Kier alpha value is -1.20. The third-order valence-corrected chi connectivity index (χ3v) is 3.83. The molecule has 0 atom stereocenters. The third-order valence-electron chi connectivity index (χ3n) is 2.60. The van der Waals surface area contributed by atoms with E-state index in [4.69, 9.17) is 5.11 Å². The molecule has 0 unspecified atom stereocenters. The minimum absolute atomic E-state index is 0.150. The zero-order valence-electron chi connectivity index (χ0n) is 9.02. The number of Topliss-reactive ketones (excluding diaryl/α,β-unsaturated/α-hetero) is 1. The molecule has 0 fully saturated rings. The second kappa shape index (κ2) is 4.35. The molecule has 0 spiro atoms. The highest BCUT2D eigenvalue weighted by molar-refractivity contribution is 7.14. The Morgan fingerprint density at radius 1 is 1.56 bits per heavy atom. The van der Waals surface area contributed by atoms with Crippen molar-refractivity contribution in [3.8, 4) is 0 Å². The fourth-order valence-corrected chi connectivity index (χ4v) is 2.95. The first kappa shape index (κ1) is 11.3. The zero-order chi connectivity index (χ0) is 11.7. The monoisotopic (exact) mass is 239 g/mol. The van der Waals surface area contributed by atoms with Crippen molar-refractivity contribution >= 4 is 23.1 Å². The first-order chi connectivity index (χ1) is 7.56. The third kappa shape index (κ3) is 2.31. The van der Waals surface area contributed by atoms with Crippen LogP contribution in [-0.2, 0) is 17.8 Å². The van der Waals surface area contributed by atoms with Crippen molar-refractivity contribution in [2.75, 3.05) is 13.1 Å². The van der Waals surface area contributed by atoms with Gasteiger partial charge in [0, 0.05) is 18.0 Å². The molecule has 2 heterocycles. The van der Waals surface area contributed by atoms with E-state index in [0.29, 0.717) is 18.0 Å². The summed E-state index contributed by atoms with van der Waals surface area (Å²) in [6.07, 6.45) is 0.848. The molecule has 0 saturated heterocycles. The van der Waals surface area contributed by atoms with Gasteiger partial charge in [0.15, 0.2) is 0 Å². The summed E-state index contributed by atoms with van der Waals surface area (Å²) in [7, 11) is 0. The molecule has 1 aromatic rings. The van der Waals surface area contributed by atoms with Crippen LogP contribution in [0.2, 0.25) is 0 Å². The van der Waals surface area contributed by atoms with Gasteiger partial charge in [-0.25, -0.2) is 4.79 Å². The number of carbonyl (C=O) groups is 2. The Labute approximate surface area is 97.5 Å². The molecule has 2 rings (SSSR count). The van der Waals surface area contributed by atoms with Crippen LogP contribution in [0, 0.1) is 0 Å². The minimum Gasteiger partial charge on any atom is -0.477 e. The fourth-order valence-electron chi connectivity index (χ4n) is 1.95. The predicted octanol–water partition coefficient (Wildman–Crippen LogP) is 1.39. The van der Waals surface area contributed by atoms with Gasteiger partial charge in [0.05, 0.1) is 6.54 Å². The largest absolute Gasteiger partial charge is 0.477 e. The van der Waals surface area contributed by atoms with Gasteiger partial charge >= 0.3 is 5.97 Å². The van der Waals surface area contributed by atoms with Crippen LogP contribution in [0.3, 0.4) is 0 Å². The van der Waals surface area contributed by atoms with Crippen LogP contribution in [0.4, 0.5) is 0 Å². The van der Waals surface area contributed by atoms with E-state index in [2.05, 4.69) is 4.90 Å². The summed E-state index contributed by atoms with van der Waals surface area (Å²) in [4.78, 5) is 25.4. The van der Waals surface area contributed by atoms with Crippen molar-refractivity contribution in [1.29, 1.82) is 0 Å². The van der Waals surface area contributed by atoms with Gasteiger partial charge < -0.3 is 5.11 Å². The van der Waals surface area contributed by atoms with Crippen LogP contribution in [0.5, 0.6) is 0 Å². The second-order valence-corrected chi connectivity index (χ2v) is 5.16. The predicted molar refractivity (Wildman–Crippen MR) is 60.9 cm³/mol. The van der Waals surface area contributed by atoms with Gasteiger partial charge in [0.1, 0.15) is 10.7 Å². The first-order valence-corrected chi connectivity index (χ1v) is 5.94. The summed E-state index contributed by atoms with van der Waals surface area (Å²) < 4.78 is 0. The summed E-state index contributed by atoms with van der Waals surface area (Å²) >= 11 is 1.35. The normalized spacial score (nSPS) is 15.8. The number of hydrogen-bond acceptors (Lipinski definition) is 4. The van der Waals surface area contributed by atoms with Crippen molar-refractivity contribution < 1.29 is 14.7 Å². The average Bonchev–Trinajstić information content (AvgIpc) is 2.59. The smallest absolute Gasteiger partial charge is 0.345 e. The lowest BCUT2D eigenvalue weighted by Crippen LogP contribution is -2.33. The highest BCUT2D eigenvalue weighted by Gasteiger charge is 2.21. The molecule has 5 heteroatoms. The minimum atomic E-state index is -0.863. The maximum absolute atomic E-state index is 11.0. The van der Waals surface area contributed by atoms with Crippen molar-refractivity contribution in [2.24, 2.45) is 0 Å². The van der Waals surface area contributed by atoms with E-state index < -0.39 is 5.97 Å². The van der Waals surface area contributed by atoms with E-state index in [0.717, 1.165) is 23.4 Å². The SMILES string of the molecule is CC(=O)CN1CCc2sc(C(=O)O)cc2C1. The zero-order valence-corrected chi connectivity index (χ0v) is 9.84. The molecule has 86 valence electrons. The molecule has 0 aromatic carbocycles. The van der Waals surface area contributed by atoms with Crippen LogP contribution in [0.1, 0.15) is 27.0 Å². The van der Waals surface area contributed by atoms with E-state index in [1.807, 2.05) is 0 Å². The molecular weight excluding hydrogens is 226 g/mol. The van der Waals surface area contributed by atoms with E-state index in [9.17, 15) is 9.59 Å². The van der Waals surface area contributed by atoms with E-state index in [1.165, 1.54) is 11.3 Å². The summed E-state index contributed by atoms with van der Waals surface area (Å²) in [5.74, 6) is -0.713. The Morgan fingerprint density at radius 2 is 2.31 bits per heavy atom. The fraction of sp³-hybridized carbons (Fsp3) is 0.455. The first-order valence-electron chi connectivity index (χ1n) is 5.13. The van der Waals surface area contributed by atoms with E-state index in [-0.39, 0.29) is 5.78 Å². The summed E-state index contributed by atoms with van der Waals surface area (Å²) in [6, 6.07) is 1.73. The van der Waals surface area contributed by atoms with Gasteiger partial charge in [-0.15, -0.1) is 11.3 Å². The number of carbonyl (C=O) groups excluding carboxylic acids is 1. The van der Waals surface area contributed by atoms with Gasteiger partial charge in [0.2, 0.25) is 0 Å². The van der Waals surface area contributed by atoms with Crippen molar-refractivity contribution in [2.45, 2.75) is 19.9 Å². The summed E-state index contributed by atoms with van der Waals surface area (Å²) in [6.45, 7) is 3.56. The molecule has 16 heavy (non-hydrogen) atoms. The number of thiophene rings is 1. The van der Waals surface area contributed by atoms with E-state index in [1.54, 1.807) is 13.0 Å². The molecule has 0 radical (unpaired) electrons. The van der Waals surface area contributed by atoms with Gasteiger partial charge in [-0.1, -0.05) is 0 Å². The quantitative estimate of drug-likeness (QED) is 0.866. The topological polar surface area (TPSA) is 57.6 Å². The van der Waals surface area contributed by atoms with Crippen LogP contribution in [0.25, 0.3) is 0 Å². The molecule has 0 amide bonds. The standard InChI is InChI=1S/C11H13NO3S/c1-7(13)5-12-3-2-9-8(6-12)4-10(16-9)11(14)15/h4H,2-3,5-6H2,1H3,(H,14,15). The second-order valence-electron chi connectivity index (χ2n) is 4.03. The van der Waals surface area contributed by atoms with Crippen LogP contribution in [0.15, 0.2) is 6.07 Å². The Morgan fingerprint density at radius 3 is 2.94 bits per heavy atom. The molecule has 0 bridgehead atoms. The molecule has 1 aliphatic rings. The number of aromatic carboxylic acids is 1. The lowest BCUT2D eigenvalue weighted by Gasteiger charge is -2.25. The number of hydrogen-bond donors (Lipinski definition) is 1. The lowest BCUT2D eigenvalue weighted by atomic mass is 10.1. The molecule has 1 aromatic heterocycles. The number of carboxylic acids is 1. The van der Waals surface area contributed by atoms with Crippen LogP contribution >= 0.6 is 11.3 Å². The Kier molecular flexibility index (Phi) is 3.07. The molecule has 0 saturated carbocycles. The van der Waals surface area contributed by atoms with Gasteiger partial charge in [-0.2, -0.15) is 0 Å². The van der Waals surface area contributed by atoms with Gasteiger partial charge in [0.25, 0.3) is 0 Å². The highest BCUT2D eigenvalue weighted by atomic mass is 32.1. The number of ketones is 1. The maximum atomic E-state index is 11.0. The highest BCUT2D eigenvalue weighted by Crippen LogP contribution is 2.27. The van der Waals surface area contributed by atoms with Gasteiger partial charge in [-0.05, 0) is 25.0 Å². The maximum Gasteiger partial charge on any atom is 0.345 e.